The Balaban J connectivity index is 1.66. The smallest absolute Gasteiger partial charge is 0.224 e. The van der Waals surface area contributed by atoms with Crippen LogP contribution >= 0.6 is 15.9 Å². The van der Waals surface area contributed by atoms with Crippen LogP contribution < -0.4 is 0 Å². The maximum absolute atomic E-state index is 14.0. The van der Waals surface area contributed by atoms with Gasteiger partial charge in [-0.05, 0) is 101 Å². The van der Waals surface area contributed by atoms with Gasteiger partial charge in [-0.25, -0.2) is 16.8 Å². The van der Waals surface area contributed by atoms with Gasteiger partial charge in [0.1, 0.15) is 0 Å². The summed E-state index contributed by atoms with van der Waals surface area (Å²) in [5.41, 5.74) is 5.89. The molecule has 0 saturated heterocycles. The van der Waals surface area contributed by atoms with Crippen molar-refractivity contribution in [3.63, 3.8) is 0 Å². The average Bonchev–Trinajstić information content (AvgIpc) is 2.85. The molecule has 0 N–H and O–H groups in total. The van der Waals surface area contributed by atoms with Crippen molar-refractivity contribution in [1.82, 2.24) is 4.31 Å². The van der Waals surface area contributed by atoms with E-state index < -0.39 is 19.9 Å². The number of benzene rings is 3. The van der Waals surface area contributed by atoms with Gasteiger partial charge in [0.25, 0.3) is 0 Å². The summed E-state index contributed by atoms with van der Waals surface area (Å²) in [6.07, 6.45) is 1.70. The fraction of sp³-hybridized carbons (Fsp3) is 0.226. The van der Waals surface area contributed by atoms with E-state index in [0.29, 0.717) is 11.3 Å². The molecule has 0 bridgehead atoms. The van der Waals surface area contributed by atoms with Crippen LogP contribution in [0.15, 0.2) is 87.1 Å². The van der Waals surface area contributed by atoms with Gasteiger partial charge in [-0.3, -0.25) is 0 Å². The molecule has 0 amide bonds. The third kappa shape index (κ3) is 6.98. The first-order valence-corrected chi connectivity index (χ1v) is 16.5. The van der Waals surface area contributed by atoms with Crippen LogP contribution in [-0.2, 0) is 32.8 Å². The topological polar surface area (TPSA) is 71.5 Å². The molecule has 0 atom stereocenters. The molecule has 39 heavy (non-hydrogen) atoms. The van der Waals surface area contributed by atoms with Gasteiger partial charge >= 0.3 is 0 Å². The largest absolute Gasteiger partial charge is 0.243 e. The molecule has 0 heterocycles. The molecule has 0 unspecified atom stereocenters. The molecule has 0 saturated carbocycles. The Morgan fingerprint density at radius 1 is 0.821 bits per heavy atom. The maximum atomic E-state index is 14.0. The summed E-state index contributed by atoms with van der Waals surface area (Å²) in [5.74, 6) is 0. The number of hydrogen-bond acceptors (Lipinski definition) is 4. The van der Waals surface area contributed by atoms with Gasteiger partial charge in [0.05, 0.1) is 14.3 Å². The van der Waals surface area contributed by atoms with Crippen LogP contribution in [0.25, 0.3) is 11.1 Å². The van der Waals surface area contributed by atoms with Crippen molar-refractivity contribution in [3.8, 4) is 11.1 Å². The molecule has 202 valence electrons. The third-order valence-corrected chi connectivity index (χ3v) is 10.2. The minimum absolute atomic E-state index is 0.197. The first-order valence-electron chi connectivity index (χ1n) is 12.4. The molecule has 4 rings (SSSR count). The lowest BCUT2D eigenvalue weighted by Gasteiger charge is -2.25. The van der Waals surface area contributed by atoms with Gasteiger partial charge in [-0.15, -0.1) is 0 Å². The lowest BCUT2D eigenvalue weighted by Crippen LogP contribution is -2.33. The van der Waals surface area contributed by atoms with E-state index in [4.69, 9.17) is 0 Å². The van der Waals surface area contributed by atoms with Gasteiger partial charge < -0.3 is 0 Å². The van der Waals surface area contributed by atoms with Crippen molar-refractivity contribution in [3.05, 3.63) is 117 Å². The van der Waals surface area contributed by atoms with Crippen LogP contribution in [0, 0.1) is 32.9 Å². The van der Waals surface area contributed by atoms with Crippen LogP contribution in [0.5, 0.6) is 0 Å². The number of nitrogens with zero attached hydrogens (tertiary/aromatic N) is 1. The molecule has 0 spiro atoms. The van der Waals surface area contributed by atoms with E-state index in [0.717, 1.165) is 43.4 Å². The van der Waals surface area contributed by atoms with E-state index >= 15 is 0 Å². The van der Waals surface area contributed by atoms with Gasteiger partial charge in [0, 0.05) is 19.3 Å². The highest BCUT2D eigenvalue weighted by atomic mass is 79.9. The fourth-order valence-corrected chi connectivity index (χ4v) is 7.65. The van der Waals surface area contributed by atoms with Gasteiger partial charge in [0.15, 0.2) is 9.84 Å². The second-order valence-corrected chi connectivity index (χ2v) is 14.5. The highest BCUT2D eigenvalue weighted by molar-refractivity contribution is 9.10. The van der Waals surface area contributed by atoms with E-state index in [-0.39, 0.29) is 18.0 Å². The lowest BCUT2D eigenvalue weighted by atomic mass is 10.0. The third-order valence-electron chi connectivity index (χ3n) is 6.52. The highest BCUT2D eigenvalue weighted by Gasteiger charge is 2.28. The Kier molecular flexibility index (Phi) is 8.67. The molecule has 0 fully saturated rings. The quantitative estimate of drug-likeness (QED) is 0.214. The standard InChI is InChI=1S/C31H30BrNO4S2/c1-22-17-23(2)31(24(3)18-22)39(36,37)33(16-15-25-7-5-9-29(32)19-25)21-26-11-13-27(14-12-26)28-8-6-10-30(20-28)38(4,34)35/h6-8,10-14,17-20H,15-16,21H2,1-4H3. The van der Waals surface area contributed by atoms with E-state index in [1.807, 2.05) is 75.4 Å². The number of halogens is 1. The number of aryl methyl sites for hydroxylation is 3. The zero-order valence-electron chi connectivity index (χ0n) is 22.3. The predicted molar refractivity (Wildman–Crippen MR) is 159 cm³/mol. The fourth-order valence-electron chi connectivity index (χ4n) is 4.74. The summed E-state index contributed by atoms with van der Waals surface area (Å²) in [6.45, 7) is 6.12. The van der Waals surface area contributed by atoms with E-state index in [2.05, 4.69) is 28.1 Å². The van der Waals surface area contributed by atoms with Gasteiger partial charge in [0.2, 0.25) is 10.0 Å². The van der Waals surface area contributed by atoms with Crippen molar-refractivity contribution in [1.29, 1.82) is 0 Å². The molecule has 5 nitrogen and oxygen atoms in total. The van der Waals surface area contributed by atoms with Gasteiger partial charge in [-0.2, -0.15) is 4.31 Å². The number of sulfone groups is 1. The number of hydrogen-bond donors (Lipinski definition) is 0. The summed E-state index contributed by atoms with van der Waals surface area (Å²) in [5, 5.41) is 0. The van der Waals surface area contributed by atoms with Crippen LogP contribution in [0.2, 0.25) is 0 Å². The molecule has 0 radical (unpaired) electrons. The Labute approximate surface area is 240 Å². The predicted octanol–water partition coefficient (Wildman–Crippen LogP) is 6.48. The maximum Gasteiger partial charge on any atom is 0.243 e. The SMILES string of the molecule is Cc1cc(C)c(S(=O)(=O)N(CCc2cc#cc(Br)c2)Cc2ccc(-c3cccc(S(C)(=O)=O)c3)cc2)c(C)c1. The van der Waals surface area contributed by atoms with E-state index in [9.17, 15) is 16.8 Å². The summed E-state index contributed by atoms with van der Waals surface area (Å²) in [4.78, 5) is 0.601. The monoisotopic (exact) mass is 623 g/mol. The summed E-state index contributed by atoms with van der Waals surface area (Å²) in [6, 6.07) is 27.8. The van der Waals surface area contributed by atoms with Crippen LogP contribution in [0.1, 0.15) is 27.8 Å². The molecule has 8 heteroatoms. The minimum atomic E-state index is -3.81. The zero-order valence-corrected chi connectivity index (χ0v) is 25.5. The van der Waals surface area contributed by atoms with Crippen molar-refractivity contribution in [2.24, 2.45) is 0 Å². The molecule has 0 aliphatic carbocycles. The lowest BCUT2D eigenvalue weighted by molar-refractivity contribution is 0.409. The Hall–Kier alpha value is -2.96. The van der Waals surface area contributed by atoms with Crippen LogP contribution in [0.4, 0.5) is 0 Å². The molecule has 0 aromatic heterocycles. The van der Waals surface area contributed by atoms with Crippen molar-refractivity contribution in [2.45, 2.75) is 43.5 Å². The second kappa shape index (κ2) is 11.6. The average molecular weight is 625 g/mol. The first-order chi connectivity index (χ1) is 18.3. The van der Waals surface area contributed by atoms with E-state index in [1.54, 1.807) is 18.2 Å². The molecule has 0 aliphatic rings. The zero-order chi connectivity index (χ0) is 28.4. The van der Waals surface area contributed by atoms with Gasteiger partial charge in [-0.1, -0.05) is 66.2 Å². The first kappa shape index (κ1) is 29.0. The number of sulfonamides is 1. The van der Waals surface area contributed by atoms with Crippen molar-refractivity contribution < 1.29 is 16.8 Å². The van der Waals surface area contributed by atoms with Crippen LogP contribution in [0.3, 0.4) is 0 Å². The highest BCUT2D eigenvalue weighted by Crippen LogP contribution is 2.28. The second-order valence-electron chi connectivity index (χ2n) is 9.79. The number of rotatable bonds is 9. The summed E-state index contributed by atoms with van der Waals surface area (Å²) in [7, 11) is -7.13. The minimum Gasteiger partial charge on any atom is -0.224 e. The summed E-state index contributed by atoms with van der Waals surface area (Å²) < 4.78 is 54.4. The van der Waals surface area contributed by atoms with Crippen LogP contribution in [-0.4, -0.2) is 33.9 Å². The Morgan fingerprint density at radius 2 is 1.49 bits per heavy atom. The normalized spacial score (nSPS) is 11.9. The van der Waals surface area contributed by atoms with Crippen molar-refractivity contribution in [2.75, 3.05) is 12.8 Å². The Morgan fingerprint density at radius 3 is 2.10 bits per heavy atom. The van der Waals surface area contributed by atoms with E-state index in [1.165, 1.54) is 10.6 Å². The molecular weight excluding hydrogens is 594 g/mol. The molecule has 0 aliphatic heterocycles. The van der Waals surface area contributed by atoms with Crippen molar-refractivity contribution >= 4 is 35.8 Å². The molecule has 4 aromatic carbocycles. The Bertz CT molecular complexity index is 1690. The molecule has 4 aromatic rings. The summed E-state index contributed by atoms with van der Waals surface area (Å²) >= 11 is 3.41. The molecular formula is C31H30BrNO4S2.